The summed E-state index contributed by atoms with van der Waals surface area (Å²) >= 11 is 0. The maximum Gasteiger partial charge on any atom is 0.247 e. The first-order valence-corrected chi connectivity index (χ1v) is 14.4. The van der Waals surface area contributed by atoms with E-state index >= 15 is 0 Å². The molecule has 0 spiro atoms. The summed E-state index contributed by atoms with van der Waals surface area (Å²) in [5.41, 5.74) is 1.28. The number of hydrogen-bond donors (Lipinski definition) is 3. The van der Waals surface area contributed by atoms with Crippen LogP contribution in [0.4, 0.5) is 0 Å². The maximum atomic E-state index is 13.4. The van der Waals surface area contributed by atoms with E-state index in [9.17, 15) is 19.8 Å². The van der Waals surface area contributed by atoms with Gasteiger partial charge in [-0.15, -0.1) is 0 Å². The van der Waals surface area contributed by atoms with Crippen molar-refractivity contribution >= 4 is 11.8 Å². The van der Waals surface area contributed by atoms with E-state index < -0.39 is 24.2 Å². The van der Waals surface area contributed by atoms with Crippen molar-refractivity contribution in [2.75, 3.05) is 33.4 Å². The molecule has 0 saturated carbocycles. The highest BCUT2D eigenvalue weighted by molar-refractivity contribution is 5.96. The van der Waals surface area contributed by atoms with Crippen LogP contribution in [0.1, 0.15) is 82.6 Å². The Balaban J connectivity index is 1.71. The van der Waals surface area contributed by atoms with E-state index in [1.165, 1.54) is 38.5 Å². The van der Waals surface area contributed by atoms with E-state index in [2.05, 4.69) is 12.2 Å². The number of benzene rings is 1. The van der Waals surface area contributed by atoms with Gasteiger partial charge in [-0.3, -0.25) is 9.59 Å². The fraction of sp³-hybridized carbons (Fsp3) is 0.667. The number of rotatable bonds is 17. The van der Waals surface area contributed by atoms with Crippen LogP contribution in [-0.2, 0) is 14.3 Å². The highest BCUT2D eigenvalue weighted by atomic mass is 16.5. The molecule has 1 heterocycles. The number of aliphatic hydroxyl groups excluding tert-OH is 2. The predicted octanol–water partition coefficient (Wildman–Crippen LogP) is 3.71. The molecule has 4 atom stereocenters. The minimum Gasteiger partial charge on any atom is -0.486 e. The molecule has 2 aliphatic rings. The molecule has 1 aromatic carbocycles. The minimum atomic E-state index is -1.01. The average molecular weight is 531 g/mol. The summed E-state index contributed by atoms with van der Waals surface area (Å²) < 4.78 is 11.4. The Bertz CT molecular complexity index is 920. The van der Waals surface area contributed by atoms with Crippen LogP contribution >= 0.6 is 0 Å². The van der Waals surface area contributed by atoms with Gasteiger partial charge >= 0.3 is 0 Å². The summed E-state index contributed by atoms with van der Waals surface area (Å²) in [7, 11) is 1.58. The Morgan fingerprint density at radius 1 is 1.05 bits per heavy atom. The van der Waals surface area contributed by atoms with Gasteiger partial charge in [-0.1, -0.05) is 76.5 Å². The molecule has 1 aliphatic heterocycles. The molecule has 2 amide bonds. The van der Waals surface area contributed by atoms with Gasteiger partial charge in [0.25, 0.3) is 0 Å². The second-order valence-electron chi connectivity index (χ2n) is 10.3. The van der Waals surface area contributed by atoms with Crippen molar-refractivity contribution in [1.82, 2.24) is 10.2 Å². The molecule has 1 aromatic rings. The number of nitrogens with one attached hydrogen (secondary N) is 1. The number of amides is 2. The average Bonchev–Trinajstić information content (AvgIpc) is 3.32. The van der Waals surface area contributed by atoms with Gasteiger partial charge in [0, 0.05) is 37.8 Å². The van der Waals surface area contributed by atoms with E-state index in [4.69, 9.17) is 9.47 Å². The van der Waals surface area contributed by atoms with Crippen LogP contribution in [0.5, 0.6) is 5.75 Å². The smallest absolute Gasteiger partial charge is 0.247 e. The number of fused-ring (bicyclic) bond motifs is 3. The van der Waals surface area contributed by atoms with Crippen LogP contribution in [0, 0.1) is 0 Å². The summed E-state index contributed by atoms with van der Waals surface area (Å²) in [6.45, 7) is 2.79. The maximum absolute atomic E-state index is 13.4. The minimum absolute atomic E-state index is 0.0608. The van der Waals surface area contributed by atoms with Gasteiger partial charge in [0.2, 0.25) is 11.8 Å². The number of carbonyl (C=O) groups is 2. The standard InChI is InChI=1S/C30H46N2O6/c1-3-4-5-6-7-8-9-10-11-16-26(34)32(18-20-37-2)24-21-23(30(36)31-17-19-33)27-22-14-12-13-15-25(22)38-29(27)28(24)35/h12-15,21,24,27-29,33,35H,3-11,16-20H2,1-2H3,(H,31,36). The molecule has 4 unspecified atom stereocenters. The van der Waals surface area contributed by atoms with Crippen molar-refractivity contribution in [3.63, 3.8) is 0 Å². The number of unbranched alkanes of at least 4 members (excludes halogenated alkanes) is 8. The summed E-state index contributed by atoms with van der Waals surface area (Å²) in [5, 5.41) is 23.4. The van der Waals surface area contributed by atoms with Gasteiger partial charge < -0.3 is 29.9 Å². The SMILES string of the molecule is CCCCCCCCCCCC(=O)N(CCOC)C1C=C(C(=O)NCCO)C2c3ccccc3OC2C1O. The van der Waals surface area contributed by atoms with E-state index in [0.717, 1.165) is 24.8 Å². The predicted molar refractivity (Wildman–Crippen MR) is 147 cm³/mol. The topological polar surface area (TPSA) is 108 Å². The molecule has 3 rings (SSSR count). The second-order valence-corrected chi connectivity index (χ2v) is 10.3. The van der Waals surface area contributed by atoms with E-state index in [0.29, 0.717) is 30.9 Å². The van der Waals surface area contributed by atoms with Crippen molar-refractivity contribution in [3.8, 4) is 5.75 Å². The molecule has 8 heteroatoms. The monoisotopic (exact) mass is 530 g/mol. The first-order valence-electron chi connectivity index (χ1n) is 14.4. The third-order valence-electron chi connectivity index (χ3n) is 7.59. The number of hydrogen-bond acceptors (Lipinski definition) is 6. The summed E-state index contributed by atoms with van der Waals surface area (Å²) in [6, 6.07) is 6.75. The Hall–Kier alpha value is -2.42. The lowest BCUT2D eigenvalue weighted by Crippen LogP contribution is -2.56. The molecule has 0 bridgehead atoms. The molecule has 0 aromatic heterocycles. The number of carbonyl (C=O) groups excluding carboxylic acids is 2. The van der Waals surface area contributed by atoms with Gasteiger partial charge in [-0.2, -0.15) is 0 Å². The zero-order valence-electron chi connectivity index (χ0n) is 23.1. The number of methoxy groups -OCH3 is 1. The molecule has 8 nitrogen and oxygen atoms in total. The molecular formula is C30H46N2O6. The van der Waals surface area contributed by atoms with Crippen LogP contribution in [0.2, 0.25) is 0 Å². The highest BCUT2D eigenvalue weighted by Gasteiger charge is 2.50. The van der Waals surface area contributed by atoms with Gasteiger partial charge in [0.1, 0.15) is 18.0 Å². The Labute approximate surface area is 227 Å². The number of aliphatic hydroxyl groups is 2. The summed E-state index contributed by atoms with van der Waals surface area (Å²) in [6.07, 6.45) is 10.9. The number of para-hydroxylation sites is 1. The lowest BCUT2D eigenvalue weighted by Gasteiger charge is -2.40. The summed E-state index contributed by atoms with van der Waals surface area (Å²) in [4.78, 5) is 28.2. The van der Waals surface area contributed by atoms with E-state index in [-0.39, 0.29) is 25.0 Å². The third kappa shape index (κ3) is 7.80. The van der Waals surface area contributed by atoms with Crippen molar-refractivity contribution in [2.45, 2.75) is 95.3 Å². The van der Waals surface area contributed by atoms with Crippen LogP contribution in [-0.4, -0.2) is 78.6 Å². The number of nitrogens with zero attached hydrogens (tertiary/aromatic N) is 1. The lowest BCUT2D eigenvalue weighted by atomic mass is 9.77. The molecule has 0 radical (unpaired) electrons. The van der Waals surface area contributed by atoms with Crippen LogP contribution in [0.3, 0.4) is 0 Å². The molecule has 3 N–H and O–H groups in total. The van der Waals surface area contributed by atoms with Crippen molar-refractivity contribution < 1.29 is 29.3 Å². The largest absolute Gasteiger partial charge is 0.486 e. The molecular weight excluding hydrogens is 484 g/mol. The van der Waals surface area contributed by atoms with E-state index in [1.54, 1.807) is 18.1 Å². The normalized spacial score (nSPS) is 21.7. The molecule has 1 aliphatic carbocycles. The molecule has 0 saturated heterocycles. The highest BCUT2D eigenvalue weighted by Crippen LogP contribution is 2.47. The van der Waals surface area contributed by atoms with Gasteiger partial charge in [-0.25, -0.2) is 0 Å². The zero-order chi connectivity index (χ0) is 27.3. The Morgan fingerprint density at radius 3 is 2.42 bits per heavy atom. The first kappa shape index (κ1) is 30.1. The lowest BCUT2D eigenvalue weighted by molar-refractivity contribution is -0.138. The molecule has 0 fully saturated rings. The van der Waals surface area contributed by atoms with Crippen molar-refractivity contribution in [2.24, 2.45) is 0 Å². The second kappa shape index (κ2) is 15.9. The third-order valence-corrected chi connectivity index (χ3v) is 7.59. The van der Waals surface area contributed by atoms with Crippen LogP contribution in [0.25, 0.3) is 0 Å². The first-order chi connectivity index (χ1) is 18.5. The number of ether oxygens (including phenoxy) is 2. The van der Waals surface area contributed by atoms with Crippen molar-refractivity contribution in [1.29, 1.82) is 0 Å². The summed E-state index contributed by atoms with van der Waals surface area (Å²) in [5.74, 6) is -0.209. The molecule has 212 valence electrons. The fourth-order valence-electron chi connectivity index (χ4n) is 5.55. The van der Waals surface area contributed by atoms with E-state index in [1.807, 2.05) is 24.3 Å². The van der Waals surface area contributed by atoms with Gasteiger partial charge in [0.15, 0.2) is 0 Å². The van der Waals surface area contributed by atoms with Crippen LogP contribution in [0.15, 0.2) is 35.9 Å². The quantitative estimate of drug-likeness (QED) is 0.265. The van der Waals surface area contributed by atoms with Gasteiger partial charge in [-0.05, 0) is 18.6 Å². The van der Waals surface area contributed by atoms with Crippen LogP contribution < -0.4 is 10.1 Å². The fourth-order valence-corrected chi connectivity index (χ4v) is 5.55. The Kier molecular flexibility index (Phi) is 12.6. The van der Waals surface area contributed by atoms with Gasteiger partial charge in [0.05, 0.1) is 25.2 Å². The van der Waals surface area contributed by atoms with Crippen molar-refractivity contribution in [3.05, 3.63) is 41.5 Å². The Morgan fingerprint density at radius 2 is 1.74 bits per heavy atom. The molecule has 38 heavy (non-hydrogen) atoms. The zero-order valence-corrected chi connectivity index (χ0v) is 23.1.